The van der Waals surface area contributed by atoms with E-state index in [-0.39, 0.29) is 12.4 Å². The first kappa shape index (κ1) is 16.0. The van der Waals surface area contributed by atoms with Crippen LogP contribution in [0.3, 0.4) is 0 Å². The number of hydrogen-bond donors (Lipinski definition) is 0. The van der Waals surface area contributed by atoms with E-state index in [1.807, 2.05) is 12.1 Å². The second-order valence-electron chi connectivity index (χ2n) is 4.34. The van der Waals surface area contributed by atoms with Crippen LogP contribution in [0.1, 0.15) is 16.8 Å². The van der Waals surface area contributed by atoms with E-state index in [1.54, 1.807) is 12.1 Å². The SMILES string of the molecule is Cl.O=Cc1ccc(OCCCN2CCOCC2)cc1. The van der Waals surface area contributed by atoms with Gasteiger partial charge in [0.2, 0.25) is 0 Å². The van der Waals surface area contributed by atoms with E-state index in [0.29, 0.717) is 12.2 Å². The van der Waals surface area contributed by atoms with Gasteiger partial charge in [-0.1, -0.05) is 0 Å². The van der Waals surface area contributed by atoms with Crippen molar-refractivity contribution in [3.05, 3.63) is 29.8 Å². The normalized spacial score (nSPS) is 15.6. The van der Waals surface area contributed by atoms with Gasteiger partial charge in [0.1, 0.15) is 12.0 Å². The number of nitrogens with zero attached hydrogens (tertiary/aromatic N) is 1. The fourth-order valence-corrected chi connectivity index (χ4v) is 1.95. The van der Waals surface area contributed by atoms with E-state index in [1.165, 1.54) is 0 Å². The lowest BCUT2D eigenvalue weighted by Crippen LogP contribution is -2.37. The maximum Gasteiger partial charge on any atom is 0.150 e. The zero-order valence-corrected chi connectivity index (χ0v) is 11.7. The van der Waals surface area contributed by atoms with Crippen molar-refractivity contribution in [2.24, 2.45) is 0 Å². The highest BCUT2D eigenvalue weighted by atomic mass is 35.5. The van der Waals surface area contributed by atoms with Crippen LogP contribution in [0.15, 0.2) is 24.3 Å². The summed E-state index contributed by atoms with van der Waals surface area (Å²) >= 11 is 0. The van der Waals surface area contributed by atoms with Gasteiger partial charge in [-0.15, -0.1) is 12.4 Å². The van der Waals surface area contributed by atoms with E-state index < -0.39 is 0 Å². The van der Waals surface area contributed by atoms with Gasteiger partial charge in [-0.2, -0.15) is 0 Å². The standard InChI is InChI=1S/C14H19NO3.ClH/c16-12-13-2-4-14(5-3-13)18-9-1-6-15-7-10-17-11-8-15;/h2-5,12H,1,6-11H2;1H. The molecule has 1 aliphatic heterocycles. The number of carbonyl (C=O) groups is 1. The van der Waals surface area contributed by atoms with Crippen LogP contribution in [-0.2, 0) is 4.74 Å². The van der Waals surface area contributed by atoms with Gasteiger partial charge in [0.25, 0.3) is 0 Å². The average Bonchev–Trinajstić information content (AvgIpc) is 2.45. The number of benzene rings is 1. The molecule has 0 amide bonds. The molecule has 1 fully saturated rings. The predicted octanol–water partition coefficient (Wildman–Crippen LogP) is 2.02. The summed E-state index contributed by atoms with van der Waals surface area (Å²) < 4.78 is 10.9. The molecule has 0 atom stereocenters. The topological polar surface area (TPSA) is 38.8 Å². The van der Waals surface area contributed by atoms with Crippen molar-refractivity contribution in [2.75, 3.05) is 39.5 Å². The number of morpholine rings is 1. The quantitative estimate of drug-likeness (QED) is 0.592. The molecule has 0 N–H and O–H groups in total. The Hall–Kier alpha value is -1.10. The van der Waals surface area contributed by atoms with Crippen molar-refractivity contribution in [3.8, 4) is 5.75 Å². The van der Waals surface area contributed by atoms with Gasteiger partial charge in [-0.3, -0.25) is 9.69 Å². The lowest BCUT2D eigenvalue weighted by atomic mass is 10.2. The maximum atomic E-state index is 10.5. The molecule has 0 bridgehead atoms. The van der Waals surface area contributed by atoms with Crippen LogP contribution in [0.2, 0.25) is 0 Å². The van der Waals surface area contributed by atoms with Gasteiger partial charge < -0.3 is 9.47 Å². The summed E-state index contributed by atoms with van der Waals surface area (Å²) in [6, 6.07) is 7.20. The van der Waals surface area contributed by atoms with Crippen LogP contribution < -0.4 is 4.74 Å². The summed E-state index contributed by atoms with van der Waals surface area (Å²) in [5.41, 5.74) is 0.677. The number of carbonyl (C=O) groups excluding carboxylic acids is 1. The lowest BCUT2D eigenvalue weighted by Gasteiger charge is -2.26. The zero-order chi connectivity index (χ0) is 12.6. The van der Waals surface area contributed by atoms with Crippen LogP contribution in [0.25, 0.3) is 0 Å². The molecule has 0 saturated carbocycles. The second-order valence-corrected chi connectivity index (χ2v) is 4.34. The van der Waals surface area contributed by atoms with Crippen LogP contribution >= 0.6 is 12.4 Å². The third kappa shape index (κ3) is 5.59. The molecule has 1 aromatic rings. The molecule has 1 saturated heterocycles. The number of aldehydes is 1. The highest BCUT2D eigenvalue weighted by molar-refractivity contribution is 5.85. The Morgan fingerprint density at radius 1 is 1.21 bits per heavy atom. The first-order valence-electron chi connectivity index (χ1n) is 6.36. The van der Waals surface area contributed by atoms with Gasteiger partial charge in [0.15, 0.2) is 0 Å². The van der Waals surface area contributed by atoms with Crippen LogP contribution in [-0.4, -0.2) is 50.6 Å². The van der Waals surface area contributed by atoms with Crippen molar-refractivity contribution >= 4 is 18.7 Å². The van der Waals surface area contributed by atoms with E-state index in [4.69, 9.17) is 9.47 Å². The molecule has 1 heterocycles. The Balaban J connectivity index is 0.00000180. The molecular weight excluding hydrogens is 266 g/mol. The summed E-state index contributed by atoms with van der Waals surface area (Å²) in [7, 11) is 0. The highest BCUT2D eigenvalue weighted by Crippen LogP contribution is 2.11. The first-order valence-corrected chi connectivity index (χ1v) is 6.36. The molecule has 19 heavy (non-hydrogen) atoms. The summed E-state index contributed by atoms with van der Waals surface area (Å²) in [6.07, 6.45) is 1.84. The van der Waals surface area contributed by atoms with Crippen molar-refractivity contribution in [1.29, 1.82) is 0 Å². The van der Waals surface area contributed by atoms with E-state index in [0.717, 1.165) is 51.3 Å². The largest absolute Gasteiger partial charge is 0.494 e. The second kappa shape index (κ2) is 8.91. The fourth-order valence-electron chi connectivity index (χ4n) is 1.95. The van der Waals surface area contributed by atoms with Gasteiger partial charge in [0.05, 0.1) is 19.8 Å². The summed E-state index contributed by atoms with van der Waals surface area (Å²) in [6.45, 7) is 5.48. The Morgan fingerprint density at radius 3 is 2.53 bits per heavy atom. The molecule has 0 aromatic heterocycles. The lowest BCUT2D eigenvalue weighted by molar-refractivity contribution is 0.0358. The molecule has 2 rings (SSSR count). The molecule has 106 valence electrons. The van der Waals surface area contributed by atoms with E-state index >= 15 is 0 Å². The van der Waals surface area contributed by atoms with Gasteiger partial charge in [-0.05, 0) is 30.7 Å². The van der Waals surface area contributed by atoms with Crippen molar-refractivity contribution < 1.29 is 14.3 Å². The minimum absolute atomic E-state index is 0. The van der Waals surface area contributed by atoms with Gasteiger partial charge in [0, 0.05) is 25.2 Å². The Labute approximate surface area is 120 Å². The number of hydrogen-bond acceptors (Lipinski definition) is 4. The Morgan fingerprint density at radius 2 is 1.89 bits per heavy atom. The van der Waals surface area contributed by atoms with E-state index in [9.17, 15) is 4.79 Å². The summed E-state index contributed by atoms with van der Waals surface area (Å²) in [5, 5.41) is 0. The Bertz CT molecular complexity index is 363. The number of halogens is 1. The van der Waals surface area contributed by atoms with Gasteiger partial charge in [-0.25, -0.2) is 0 Å². The molecule has 0 spiro atoms. The maximum absolute atomic E-state index is 10.5. The molecule has 5 heteroatoms. The average molecular weight is 286 g/mol. The van der Waals surface area contributed by atoms with Crippen LogP contribution in [0, 0.1) is 0 Å². The molecule has 0 radical (unpaired) electrons. The monoisotopic (exact) mass is 285 g/mol. The first-order chi connectivity index (χ1) is 8.88. The van der Waals surface area contributed by atoms with Crippen molar-refractivity contribution in [2.45, 2.75) is 6.42 Å². The third-order valence-electron chi connectivity index (χ3n) is 3.01. The molecular formula is C14H20ClNO3. The zero-order valence-electron chi connectivity index (χ0n) is 10.9. The van der Waals surface area contributed by atoms with Crippen LogP contribution in [0.4, 0.5) is 0 Å². The van der Waals surface area contributed by atoms with Gasteiger partial charge >= 0.3 is 0 Å². The molecule has 4 nitrogen and oxygen atoms in total. The third-order valence-corrected chi connectivity index (χ3v) is 3.01. The fraction of sp³-hybridized carbons (Fsp3) is 0.500. The van der Waals surface area contributed by atoms with Crippen molar-refractivity contribution in [3.63, 3.8) is 0 Å². The molecule has 1 aromatic carbocycles. The number of ether oxygens (including phenoxy) is 2. The Kier molecular flexibility index (Phi) is 7.48. The van der Waals surface area contributed by atoms with E-state index in [2.05, 4.69) is 4.90 Å². The molecule has 0 unspecified atom stereocenters. The summed E-state index contributed by atoms with van der Waals surface area (Å²) in [5.74, 6) is 0.822. The van der Waals surface area contributed by atoms with Crippen LogP contribution in [0.5, 0.6) is 5.75 Å². The van der Waals surface area contributed by atoms with Crippen molar-refractivity contribution in [1.82, 2.24) is 4.90 Å². The smallest absolute Gasteiger partial charge is 0.150 e. The summed E-state index contributed by atoms with van der Waals surface area (Å²) in [4.78, 5) is 12.9. The number of rotatable bonds is 6. The minimum Gasteiger partial charge on any atom is -0.494 e. The minimum atomic E-state index is 0. The predicted molar refractivity (Wildman–Crippen MR) is 76.4 cm³/mol. The highest BCUT2D eigenvalue weighted by Gasteiger charge is 2.09. The molecule has 0 aliphatic carbocycles. The molecule has 1 aliphatic rings.